The normalized spacial score (nSPS) is 10.8. The van der Waals surface area contributed by atoms with Crippen molar-refractivity contribution >= 4 is 23.3 Å². The highest BCUT2D eigenvalue weighted by Crippen LogP contribution is 2.26. The molecule has 1 N–H and O–H groups in total. The number of amides is 1. The van der Waals surface area contributed by atoms with Crippen molar-refractivity contribution in [3.8, 4) is 5.75 Å². The highest BCUT2D eigenvalue weighted by atomic mass is 35.5. The van der Waals surface area contributed by atoms with Crippen molar-refractivity contribution in [3.63, 3.8) is 0 Å². The second-order valence-corrected chi connectivity index (χ2v) is 8.58. The van der Waals surface area contributed by atoms with E-state index in [1.54, 1.807) is 18.2 Å². The maximum Gasteiger partial charge on any atom is 0.256 e. The summed E-state index contributed by atoms with van der Waals surface area (Å²) in [5.74, 6) is 1.10. The summed E-state index contributed by atoms with van der Waals surface area (Å²) in [7, 11) is 0. The van der Waals surface area contributed by atoms with E-state index in [9.17, 15) is 4.79 Å². The molecule has 0 atom stereocenters. The Kier molecular flexibility index (Phi) is 6.80. The molecule has 0 fully saturated rings. The summed E-state index contributed by atoms with van der Waals surface area (Å²) in [6.07, 6.45) is 1.86. The summed E-state index contributed by atoms with van der Waals surface area (Å²) in [5.41, 5.74) is 5.88. The van der Waals surface area contributed by atoms with Crippen LogP contribution in [0.15, 0.2) is 72.9 Å². The Bertz CT molecular complexity index is 1260. The highest BCUT2D eigenvalue weighted by Gasteiger charge is 2.09. The molecule has 3 aromatic carbocycles. The largest absolute Gasteiger partial charge is 0.489 e. The van der Waals surface area contributed by atoms with Crippen molar-refractivity contribution in [3.05, 3.63) is 111 Å². The molecule has 0 bridgehead atoms. The molecule has 0 spiro atoms. The van der Waals surface area contributed by atoms with Gasteiger partial charge in [0, 0.05) is 22.8 Å². The maximum absolute atomic E-state index is 12.6. The number of aromatic nitrogens is 2. The Labute approximate surface area is 199 Å². The van der Waals surface area contributed by atoms with Gasteiger partial charge in [-0.25, -0.2) is 0 Å². The molecular formula is C27H26ClN3O2. The van der Waals surface area contributed by atoms with Crippen LogP contribution in [0.5, 0.6) is 5.75 Å². The van der Waals surface area contributed by atoms with Gasteiger partial charge < -0.3 is 10.1 Å². The predicted octanol–water partition coefficient (Wildman–Crippen LogP) is 6.34. The van der Waals surface area contributed by atoms with Crippen molar-refractivity contribution in [2.45, 2.75) is 33.9 Å². The third-order valence-electron chi connectivity index (χ3n) is 5.34. The molecule has 4 rings (SSSR count). The lowest BCUT2D eigenvalue weighted by molar-refractivity contribution is 0.102. The third kappa shape index (κ3) is 5.82. The Morgan fingerprint density at radius 1 is 0.970 bits per heavy atom. The van der Waals surface area contributed by atoms with E-state index in [-0.39, 0.29) is 5.91 Å². The lowest BCUT2D eigenvalue weighted by Gasteiger charge is -2.10. The van der Waals surface area contributed by atoms with Crippen LogP contribution in [-0.2, 0) is 13.2 Å². The lowest BCUT2D eigenvalue weighted by atomic mass is 10.1. The van der Waals surface area contributed by atoms with Crippen LogP contribution in [0.1, 0.15) is 38.2 Å². The number of hydrogen-bond acceptors (Lipinski definition) is 3. The number of nitrogens with one attached hydrogen (secondary N) is 1. The molecule has 1 amide bonds. The molecule has 168 valence electrons. The van der Waals surface area contributed by atoms with Crippen LogP contribution < -0.4 is 10.1 Å². The lowest BCUT2D eigenvalue weighted by Crippen LogP contribution is -2.13. The minimum absolute atomic E-state index is 0.202. The van der Waals surface area contributed by atoms with E-state index >= 15 is 0 Å². The fourth-order valence-electron chi connectivity index (χ4n) is 3.61. The zero-order valence-electron chi connectivity index (χ0n) is 18.9. The molecule has 0 saturated carbocycles. The molecule has 5 nitrogen and oxygen atoms in total. The van der Waals surface area contributed by atoms with Crippen LogP contribution >= 0.6 is 11.6 Å². The number of anilines is 1. The Morgan fingerprint density at radius 3 is 2.39 bits per heavy atom. The summed E-state index contributed by atoms with van der Waals surface area (Å²) in [5, 5.41) is 8.07. The van der Waals surface area contributed by atoms with Crippen molar-refractivity contribution < 1.29 is 9.53 Å². The zero-order chi connectivity index (χ0) is 23.4. The van der Waals surface area contributed by atoms with E-state index in [0.29, 0.717) is 24.5 Å². The minimum Gasteiger partial charge on any atom is -0.489 e. The summed E-state index contributed by atoms with van der Waals surface area (Å²) in [6, 6.07) is 21.3. The van der Waals surface area contributed by atoms with Crippen molar-refractivity contribution in [2.24, 2.45) is 0 Å². The van der Waals surface area contributed by atoms with E-state index in [4.69, 9.17) is 16.3 Å². The van der Waals surface area contributed by atoms with Gasteiger partial charge in [-0.3, -0.25) is 9.48 Å². The molecule has 0 aliphatic rings. The van der Waals surface area contributed by atoms with Crippen LogP contribution in [0.4, 0.5) is 5.82 Å². The van der Waals surface area contributed by atoms with Gasteiger partial charge in [-0.2, -0.15) is 5.10 Å². The van der Waals surface area contributed by atoms with Gasteiger partial charge in [0.25, 0.3) is 5.91 Å². The van der Waals surface area contributed by atoms with E-state index in [2.05, 4.69) is 35.5 Å². The van der Waals surface area contributed by atoms with Crippen LogP contribution in [0.3, 0.4) is 0 Å². The number of ether oxygens (including phenoxy) is 1. The van der Waals surface area contributed by atoms with Crippen molar-refractivity contribution in [1.29, 1.82) is 0 Å². The maximum atomic E-state index is 12.6. The van der Waals surface area contributed by atoms with E-state index in [1.165, 1.54) is 5.56 Å². The summed E-state index contributed by atoms with van der Waals surface area (Å²) >= 11 is 6.22. The summed E-state index contributed by atoms with van der Waals surface area (Å²) in [4.78, 5) is 12.6. The molecule has 0 aliphatic carbocycles. The molecule has 1 aromatic heterocycles. The second kappa shape index (κ2) is 9.92. The Morgan fingerprint density at radius 2 is 1.70 bits per heavy atom. The van der Waals surface area contributed by atoms with E-state index in [1.807, 2.05) is 55.1 Å². The fraction of sp³-hybridized carbons (Fsp3) is 0.185. The first-order chi connectivity index (χ1) is 15.9. The zero-order valence-corrected chi connectivity index (χ0v) is 19.7. The van der Waals surface area contributed by atoms with Crippen molar-refractivity contribution in [1.82, 2.24) is 9.78 Å². The van der Waals surface area contributed by atoms with E-state index < -0.39 is 0 Å². The molecule has 33 heavy (non-hydrogen) atoms. The van der Waals surface area contributed by atoms with Crippen LogP contribution in [-0.4, -0.2) is 15.7 Å². The number of hydrogen-bond donors (Lipinski definition) is 1. The molecule has 0 saturated heterocycles. The van der Waals surface area contributed by atoms with Gasteiger partial charge >= 0.3 is 0 Å². The Hall–Kier alpha value is -3.57. The summed E-state index contributed by atoms with van der Waals surface area (Å²) < 4.78 is 7.70. The summed E-state index contributed by atoms with van der Waals surface area (Å²) in [6.45, 7) is 7.04. The molecule has 1 heterocycles. The third-order valence-corrected chi connectivity index (χ3v) is 5.94. The van der Waals surface area contributed by atoms with E-state index in [0.717, 1.165) is 33.0 Å². The van der Waals surface area contributed by atoms with Crippen LogP contribution in [0.2, 0.25) is 5.02 Å². The molecule has 0 unspecified atom stereocenters. The first-order valence-corrected chi connectivity index (χ1v) is 11.1. The molecule has 4 aromatic rings. The first-order valence-electron chi connectivity index (χ1n) is 10.8. The average Bonchev–Trinajstić information content (AvgIpc) is 3.22. The predicted molar refractivity (Wildman–Crippen MR) is 132 cm³/mol. The number of carbonyl (C=O) groups is 1. The Balaban J connectivity index is 1.33. The standard InChI is InChI=1S/C27H26ClN3O2/c1-18-5-4-6-22(13-18)16-31-12-11-25(30-31)29-27(32)23-9-7-21(8-10-23)17-33-24-14-19(2)26(28)20(3)15-24/h4-15H,16-17H2,1-3H3,(H,29,30,32). The quantitative estimate of drug-likeness (QED) is 0.350. The second-order valence-electron chi connectivity index (χ2n) is 8.20. The number of rotatable bonds is 7. The van der Waals surface area contributed by atoms with Gasteiger partial charge in [0.05, 0.1) is 6.54 Å². The van der Waals surface area contributed by atoms with Gasteiger partial charge in [-0.1, -0.05) is 53.6 Å². The van der Waals surface area contributed by atoms with Gasteiger partial charge in [0.2, 0.25) is 0 Å². The van der Waals surface area contributed by atoms with Crippen LogP contribution in [0, 0.1) is 20.8 Å². The van der Waals surface area contributed by atoms with Gasteiger partial charge in [-0.15, -0.1) is 0 Å². The number of halogens is 1. The van der Waals surface area contributed by atoms with Crippen LogP contribution in [0.25, 0.3) is 0 Å². The number of benzene rings is 3. The SMILES string of the molecule is Cc1cccc(Cn2ccc(NC(=O)c3ccc(COc4cc(C)c(Cl)c(C)c4)cc3)n2)c1. The van der Waals surface area contributed by atoms with Gasteiger partial charge in [0.15, 0.2) is 5.82 Å². The van der Waals surface area contributed by atoms with Gasteiger partial charge in [0.1, 0.15) is 12.4 Å². The topological polar surface area (TPSA) is 56.2 Å². The number of nitrogens with zero attached hydrogens (tertiary/aromatic N) is 2. The minimum atomic E-state index is -0.202. The molecule has 0 aliphatic heterocycles. The number of carbonyl (C=O) groups excluding carboxylic acids is 1. The number of aryl methyl sites for hydroxylation is 3. The van der Waals surface area contributed by atoms with Crippen molar-refractivity contribution in [2.75, 3.05) is 5.32 Å². The smallest absolute Gasteiger partial charge is 0.256 e. The fourth-order valence-corrected chi connectivity index (χ4v) is 3.72. The first kappa shape index (κ1) is 22.6. The molecular weight excluding hydrogens is 434 g/mol. The monoisotopic (exact) mass is 459 g/mol. The molecule has 0 radical (unpaired) electrons. The highest BCUT2D eigenvalue weighted by molar-refractivity contribution is 6.32. The average molecular weight is 460 g/mol. The van der Waals surface area contributed by atoms with Gasteiger partial charge in [-0.05, 0) is 67.3 Å². The molecule has 6 heteroatoms.